The summed E-state index contributed by atoms with van der Waals surface area (Å²) in [6.07, 6.45) is 6.24. The summed E-state index contributed by atoms with van der Waals surface area (Å²) in [4.78, 5) is -0.429. The molecule has 0 fully saturated rings. The highest BCUT2D eigenvalue weighted by atomic mass is 16.8. The van der Waals surface area contributed by atoms with Crippen molar-refractivity contribution in [2.45, 2.75) is 0 Å². The van der Waals surface area contributed by atoms with Crippen LogP contribution in [0.3, 0.4) is 0 Å². The summed E-state index contributed by atoms with van der Waals surface area (Å²) in [6.45, 7) is 0. The van der Waals surface area contributed by atoms with Gasteiger partial charge in [-0.3, -0.25) is 5.84 Å². The van der Waals surface area contributed by atoms with Crippen LogP contribution in [0.5, 0.6) is 0 Å². The molecule has 1 aliphatic rings. The molecule has 0 radical (unpaired) electrons. The molecule has 0 heterocycles. The second-order valence-electron chi connectivity index (χ2n) is 3.69. The van der Waals surface area contributed by atoms with E-state index in [1.165, 1.54) is 12.2 Å². The highest BCUT2D eigenvalue weighted by molar-refractivity contribution is 6.03. The van der Waals surface area contributed by atoms with Crippen molar-refractivity contribution in [3.05, 3.63) is 76.2 Å². The molecule has 0 saturated heterocycles. The maximum Gasteiger partial charge on any atom is 0.222 e. The largest absolute Gasteiger partial charge is 0.612 e. The zero-order valence-electron chi connectivity index (χ0n) is 9.54. The SMILES string of the molecule is NNC(=C1C=CC(=[N+]([O-])[O-])C=C1)c1ccccc1. The zero-order chi connectivity index (χ0) is 13.0. The second-order valence-corrected chi connectivity index (χ2v) is 3.69. The minimum absolute atomic E-state index is 0.0585. The Morgan fingerprint density at radius 1 is 1.00 bits per heavy atom. The summed E-state index contributed by atoms with van der Waals surface area (Å²) < 4.78 is 0. The van der Waals surface area contributed by atoms with Crippen molar-refractivity contribution < 1.29 is 4.90 Å². The first-order chi connectivity index (χ1) is 8.72. The molecule has 0 bridgehead atoms. The van der Waals surface area contributed by atoms with Gasteiger partial charge in [0, 0.05) is 17.7 Å². The number of allylic oxidation sites excluding steroid dienone is 5. The van der Waals surface area contributed by atoms with Gasteiger partial charge in [0.2, 0.25) is 5.71 Å². The predicted molar refractivity (Wildman–Crippen MR) is 71.0 cm³/mol. The molecule has 3 N–H and O–H groups in total. The Hall–Kier alpha value is -2.53. The maximum atomic E-state index is 10.6. The molecule has 1 aromatic rings. The van der Waals surface area contributed by atoms with Gasteiger partial charge in [-0.25, -0.2) is 0 Å². The molecule has 1 aliphatic carbocycles. The van der Waals surface area contributed by atoms with Gasteiger partial charge in [-0.05, 0) is 17.7 Å². The van der Waals surface area contributed by atoms with Gasteiger partial charge in [0.05, 0.1) is 5.70 Å². The average Bonchev–Trinajstić information content (AvgIpc) is 2.41. The molecular formula is C13H12N3O2-. The normalized spacial score (nSPS) is 13.6. The Bertz CT molecular complexity index is 535. The van der Waals surface area contributed by atoms with Gasteiger partial charge >= 0.3 is 0 Å². The van der Waals surface area contributed by atoms with Crippen LogP contribution in [-0.4, -0.2) is 10.6 Å². The number of nitrogens with two attached hydrogens (primary N) is 1. The van der Waals surface area contributed by atoms with Crippen molar-refractivity contribution in [1.82, 2.24) is 5.43 Å². The Morgan fingerprint density at radius 2 is 1.61 bits per heavy atom. The lowest BCUT2D eigenvalue weighted by atomic mass is 10.0. The quantitative estimate of drug-likeness (QED) is 0.466. The first-order valence-corrected chi connectivity index (χ1v) is 5.36. The zero-order valence-corrected chi connectivity index (χ0v) is 9.54. The Labute approximate surface area is 104 Å². The van der Waals surface area contributed by atoms with Crippen molar-refractivity contribution in [3.63, 3.8) is 0 Å². The molecular weight excluding hydrogens is 230 g/mol. The van der Waals surface area contributed by atoms with Crippen LogP contribution in [0.25, 0.3) is 5.70 Å². The fourth-order valence-electron chi connectivity index (χ4n) is 1.69. The molecule has 1 aromatic carbocycles. The van der Waals surface area contributed by atoms with Crippen LogP contribution >= 0.6 is 0 Å². The Morgan fingerprint density at radius 3 is 2.11 bits per heavy atom. The van der Waals surface area contributed by atoms with Crippen LogP contribution in [0.2, 0.25) is 0 Å². The van der Waals surface area contributed by atoms with Crippen molar-refractivity contribution in [2.24, 2.45) is 5.84 Å². The smallest absolute Gasteiger partial charge is 0.222 e. The summed E-state index contributed by atoms with van der Waals surface area (Å²) in [5.41, 5.74) is 5.14. The fraction of sp³-hybridized carbons (Fsp3) is 0. The molecule has 0 aromatic heterocycles. The third kappa shape index (κ3) is 2.41. The number of rotatable bonds is 2. The molecule has 0 aliphatic heterocycles. The van der Waals surface area contributed by atoms with E-state index < -0.39 is 4.90 Å². The van der Waals surface area contributed by atoms with Gasteiger partial charge in [-0.15, -0.1) is 0 Å². The van der Waals surface area contributed by atoms with Crippen LogP contribution < -0.4 is 11.3 Å². The summed E-state index contributed by atoms with van der Waals surface area (Å²) in [6, 6.07) is 9.54. The van der Waals surface area contributed by atoms with E-state index in [2.05, 4.69) is 5.43 Å². The van der Waals surface area contributed by atoms with Crippen molar-refractivity contribution in [3.8, 4) is 0 Å². The van der Waals surface area contributed by atoms with Crippen molar-refractivity contribution in [1.29, 1.82) is 0 Å². The number of hydrogen-bond acceptors (Lipinski definition) is 4. The van der Waals surface area contributed by atoms with Gasteiger partial charge in [0.1, 0.15) is 0 Å². The van der Waals surface area contributed by atoms with Crippen LogP contribution in [0, 0.1) is 10.4 Å². The Balaban J connectivity index is 2.41. The highest BCUT2D eigenvalue weighted by Gasteiger charge is 2.08. The van der Waals surface area contributed by atoms with Gasteiger partial charge in [0.15, 0.2) is 0 Å². The monoisotopic (exact) mass is 242 g/mol. The maximum absolute atomic E-state index is 10.6. The van der Waals surface area contributed by atoms with Crippen LogP contribution in [0.15, 0.2) is 60.2 Å². The first kappa shape index (κ1) is 11.9. The van der Waals surface area contributed by atoms with E-state index in [4.69, 9.17) is 5.84 Å². The molecule has 0 spiro atoms. The van der Waals surface area contributed by atoms with Gasteiger partial charge < -0.3 is 15.8 Å². The van der Waals surface area contributed by atoms with Crippen molar-refractivity contribution >= 4 is 11.4 Å². The standard InChI is InChI=1S/C13H12N3O2/c14-15-13(10-4-2-1-3-5-10)11-6-8-12(9-7-11)16(17)18/h1-9,15H,14H2/q-1. The molecule has 0 saturated carbocycles. The summed E-state index contributed by atoms with van der Waals surface area (Å²) >= 11 is 0. The third-order valence-corrected chi connectivity index (χ3v) is 2.57. The van der Waals surface area contributed by atoms with Crippen LogP contribution in [-0.2, 0) is 0 Å². The van der Waals surface area contributed by atoms with E-state index in [9.17, 15) is 10.4 Å². The van der Waals surface area contributed by atoms with Crippen molar-refractivity contribution in [2.75, 3.05) is 0 Å². The predicted octanol–water partition coefficient (Wildman–Crippen LogP) is 1.44. The van der Waals surface area contributed by atoms with Crippen LogP contribution in [0.1, 0.15) is 5.56 Å². The Kier molecular flexibility index (Phi) is 3.45. The molecule has 92 valence electrons. The lowest BCUT2D eigenvalue weighted by molar-refractivity contribution is -0.377. The van der Waals surface area contributed by atoms with Gasteiger partial charge in [-0.1, -0.05) is 30.3 Å². The van der Waals surface area contributed by atoms with E-state index in [1.807, 2.05) is 30.3 Å². The lowest BCUT2D eigenvalue weighted by Crippen LogP contribution is -2.21. The molecule has 0 unspecified atom stereocenters. The second kappa shape index (κ2) is 5.20. The fourth-order valence-corrected chi connectivity index (χ4v) is 1.69. The van der Waals surface area contributed by atoms with Gasteiger partial charge in [-0.2, -0.15) is 4.90 Å². The van der Waals surface area contributed by atoms with E-state index in [1.54, 1.807) is 12.2 Å². The molecule has 5 heteroatoms. The van der Waals surface area contributed by atoms with E-state index in [-0.39, 0.29) is 5.71 Å². The van der Waals surface area contributed by atoms with E-state index >= 15 is 0 Å². The van der Waals surface area contributed by atoms with Crippen LogP contribution in [0.4, 0.5) is 0 Å². The molecule has 0 atom stereocenters. The minimum Gasteiger partial charge on any atom is -0.612 e. The summed E-state index contributed by atoms with van der Waals surface area (Å²) in [5.74, 6) is 5.51. The van der Waals surface area contributed by atoms with E-state index in [0.29, 0.717) is 0 Å². The number of hydrogen-bond donors (Lipinski definition) is 2. The number of nitrogens with zero attached hydrogens (tertiary/aromatic N) is 1. The first-order valence-electron chi connectivity index (χ1n) is 5.36. The number of benzene rings is 1. The molecule has 0 amide bonds. The molecule has 2 rings (SSSR count). The molecule has 18 heavy (non-hydrogen) atoms. The van der Waals surface area contributed by atoms with E-state index in [0.717, 1.165) is 16.8 Å². The third-order valence-electron chi connectivity index (χ3n) is 2.57. The topological polar surface area (TPSA) is 87.2 Å². The lowest BCUT2D eigenvalue weighted by Gasteiger charge is -2.13. The van der Waals surface area contributed by atoms with Gasteiger partial charge in [0.25, 0.3) is 0 Å². The summed E-state index contributed by atoms with van der Waals surface area (Å²) in [5, 5.41) is 21.2. The summed E-state index contributed by atoms with van der Waals surface area (Å²) in [7, 11) is 0. The highest BCUT2D eigenvalue weighted by Crippen LogP contribution is 2.19. The minimum atomic E-state index is -0.429. The average molecular weight is 242 g/mol. The molecule has 5 nitrogen and oxygen atoms in total. The number of nitrogens with one attached hydrogen (secondary N) is 1. The number of hydrazine groups is 1.